The lowest BCUT2D eigenvalue weighted by Gasteiger charge is -2.10. The minimum atomic E-state index is -0.749. The molecule has 1 unspecified atom stereocenters. The van der Waals surface area contributed by atoms with Crippen LogP contribution in [-0.2, 0) is 9.53 Å². The molecule has 0 heterocycles. The minimum Gasteiger partial charge on any atom is -0.497 e. The molecule has 0 saturated carbocycles. The minimum absolute atomic E-state index is 0.442. The van der Waals surface area contributed by atoms with Crippen LogP contribution in [0.15, 0.2) is 36.4 Å². The van der Waals surface area contributed by atoms with Crippen molar-refractivity contribution in [1.82, 2.24) is 0 Å². The van der Waals surface area contributed by atoms with Crippen molar-refractivity contribution in [1.29, 1.82) is 0 Å². The van der Waals surface area contributed by atoms with Crippen molar-refractivity contribution in [3.63, 3.8) is 0 Å². The Bertz CT molecular complexity index is 580. The van der Waals surface area contributed by atoms with Gasteiger partial charge in [0.2, 0.25) is 0 Å². The van der Waals surface area contributed by atoms with E-state index in [0.717, 1.165) is 22.1 Å². The predicted octanol–water partition coefficient (Wildman–Crippen LogP) is 2.02. The van der Waals surface area contributed by atoms with Crippen LogP contribution in [-0.4, -0.2) is 20.2 Å². The van der Waals surface area contributed by atoms with Gasteiger partial charge in [-0.25, -0.2) is 0 Å². The third-order valence-electron chi connectivity index (χ3n) is 2.89. The lowest BCUT2D eigenvalue weighted by molar-refractivity contribution is -0.142. The Morgan fingerprint density at radius 3 is 2.44 bits per heavy atom. The van der Waals surface area contributed by atoms with Gasteiger partial charge < -0.3 is 15.2 Å². The highest BCUT2D eigenvalue weighted by Crippen LogP contribution is 2.24. The highest BCUT2D eigenvalue weighted by atomic mass is 16.5. The van der Waals surface area contributed by atoms with Crippen molar-refractivity contribution >= 4 is 16.7 Å². The van der Waals surface area contributed by atoms with Gasteiger partial charge >= 0.3 is 5.97 Å². The van der Waals surface area contributed by atoms with E-state index in [2.05, 4.69) is 4.74 Å². The van der Waals surface area contributed by atoms with Crippen LogP contribution in [0.25, 0.3) is 10.8 Å². The molecule has 0 aromatic heterocycles. The van der Waals surface area contributed by atoms with Crippen molar-refractivity contribution in [2.45, 2.75) is 6.04 Å². The Labute approximate surface area is 105 Å². The first-order valence-corrected chi connectivity index (χ1v) is 5.57. The first kappa shape index (κ1) is 12.4. The summed E-state index contributed by atoms with van der Waals surface area (Å²) >= 11 is 0. The number of methoxy groups -OCH3 is 2. The predicted molar refractivity (Wildman–Crippen MR) is 69.4 cm³/mol. The Balaban J connectivity index is 2.42. The van der Waals surface area contributed by atoms with Gasteiger partial charge in [-0.2, -0.15) is 0 Å². The van der Waals surface area contributed by atoms with E-state index in [1.54, 1.807) is 7.11 Å². The van der Waals surface area contributed by atoms with Gasteiger partial charge in [-0.1, -0.05) is 18.2 Å². The normalized spacial score (nSPS) is 12.2. The first-order chi connectivity index (χ1) is 8.65. The smallest absolute Gasteiger partial charge is 0.327 e. The Hall–Kier alpha value is -2.07. The maximum absolute atomic E-state index is 11.4. The van der Waals surface area contributed by atoms with E-state index in [4.69, 9.17) is 10.5 Å². The van der Waals surface area contributed by atoms with E-state index in [1.807, 2.05) is 36.4 Å². The molecular weight excluding hydrogens is 230 g/mol. The summed E-state index contributed by atoms with van der Waals surface area (Å²) in [4.78, 5) is 11.4. The second-order valence-electron chi connectivity index (χ2n) is 3.97. The molecule has 2 N–H and O–H groups in total. The molecule has 0 bridgehead atoms. The quantitative estimate of drug-likeness (QED) is 0.840. The zero-order valence-corrected chi connectivity index (χ0v) is 10.3. The summed E-state index contributed by atoms with van der Waals surface area (Å²) in [6.07, 6.45) is 0. The number of carbonyl (C=O) groups excluding carboxylic acids is 1. The van der Waals surface area contributed by atoms with Gasteiger partial charge in [-0.3, -0.25) is 4.79 Å². The second kappa shape index (κ2) is 5.06. The summed E-state index contributed by atoms with van der Waals surface area (Å²) in [5.41, 5.74) is 6.53. The van der Waals surface area contributed by atoms with E-state index in [9.17, 15) is 4.79 Å². The molecule has 0 radical (unpaired) electrons. The van der Waals surface area contributed by atoms with Crippen LogP contribution < -0.4 is 10.5 Å². The highest BCUT2D eigenvalue weighted by molar-refractivity contribution is 5.86. The Kier molecular flexibility index (Phi) is 3.48. The van der Waals surface area contributed by atoms with Gasteiger partial charge in [0.1, 0.15) is 11.8 Å². The molecule has 2 aromatic rings. The lowest BCUT2D eigenvalue weighted by Crippen LogP contribution is -2.22. The molecule has 4 heteroatoms. The molecule has 2 aromatic carbocycles. The molecule has 0 spiro atoms. The number of hydrogen-bond acceptors (Lipinski definition) is 4. The maximum atomic E-state index is 11.4. The average Bonchev–Trinajstić information content (AvgIpc) is 2.44. The molecular formula is C14H15NO3. The molecule has 18 heavy (non-hydrogen) atoms. The monoisotopic (exact) mass is 245 g/mol. The standard InChI is InChI=1S/C14H15NO3/c1-17-12-6-5-9-7-11(4-3-10(9)8-12)13(15)14(16)18-2/h3-8,13H,15H2,1-2H3. The van der Waals surface area contributed by atoms with Crippen LogP contribution in [0, 0.1) is 0 Å². The number of rotatable bonds is 3. The van der Waals surface area contributed by atoms with Gasteiger partial charge in [-0.05, 0) is 34.5 Å². The van der Waals surface area contributed by atoms with Crippen molar-refractivity contribution in [2.24, 2.45) is 5.73 Å². The molecule has 0 amide bonds. The number of benzene rings is 2. The van der Waals surface area contributed by atoms with Crippen LogP contribution in [0.3, 0.4) is 0 Å². The zero-order chi connectivity index (χ0) is 13.1. The SMILES string of the molecule is COC(=O)C(N)c1ccc2cc(OC)ccc2c1. The number of esters is 1. The number of carbonyl (C=O) groups is 1. The van der Waals surface area contributed by atoms with Crippen molar-refractivity contribution in [3.8, 4) is 5.75 Å². The van der Waals surface area contributed by atoms with E-state index < -0.39 is 12.0 Å². The van der Waals surface area contributed by atoms with E-state index >= 15 is 0 Å². The molecule has 0 aliphatic carbocycles. The third kappa shape index (κ3) is 2.28. The zero-order valence-electron chi connectivity index (χ0n) is 10.3. The summed E-state index contributed by atoms with van der Waals surface area (Å²) in [5, 5.41) is 2.04. The molecule has 4 nitrogen and oxygen atoms in total. The van der Waals surface area contributed by atoms with Crippen LogP contribution >= 0.6 is 0 Å². The largest absolute Gasteiger partial charge is 0.497 e. The molecule has 0 aliphatic rings. The summed E-state index contributed by atoms with van der Waals surface area (Å²) in [7, 11) is 2.96. The van der Waals surface area contributed by atoms with Gasteiger partial charge in [0, 0.05) is 0 Å². The summed E-state index contributed by atoms with van der Waals surface area (Å²) in [5.74, 6) is 0.357. The van der Waals surface area contributed by atoms with Crippen molar-refractivity contribution < 1.29 is 14.3 Å². The van der Waals surface area contributed by atoms with E-state index in [-0.39, 0.29) is 0 Å². The molecule has 94 valence electrons. The van der Waals surface area contributed by atoms with Gasteiger partial charge in [0.15, 0.2) is 0 Å². The fourth-order valence-corrected chi connectivity index (χ4v) is 1.83. The maximum Gasteiger partial charge on any atom is 0.327 e. The second-order valence-corrected chi connectivity index (χ2v) is 3.97. The number of hydrogen-bond donors (Lipinski definition) is 1. The van der Waals surface area contributed by atoms with Crippen LogP contribution in [0.1, 0.15) is 11.6 Å². The van der Waals surface area contributed by atoms with E-state index in [1.165, 1.54) is 7.11 Å². The Morgan fingerprint density at radius 1 is 1.11 bits per heavy atom. The van der Waals surface area contributed by atoms with Crippen LogP contribution in [0.4, 0.5) is 0 Å². The molecule has 0 saturated heterocycles. The van der Waals surface area contributed by atoms with Crippen LogP contribution in [0.2, 0.25) is 0 Å². The summed E-state index contributed by atoms with van der Waals surface area (Å²) < 4.78 is 9.79. The topological polar surface area (TPSA) is 61.5 Å². The number of ether oxygens (including phenoxy) is 2. The molecule has 0 aliphatic heterocycles. The fourth-order valence-electron chi connectivity index (χ4n) is 1.83. The van der Waals surface area contributed by atoms with Gasteiger partial charge in [0.05, 0.1) is 14.2 Å². The molecule has 0 fully saturated rings. The third-order valence-corrected chi connectivity index (χ3v) is 2.89. The molecule has 2 rings (SSSR count). The number of nitrogens with two attached hydrogens (primary N) is 1. The van der Waals surface area contributed by atoms with Gasteiger partial charge in [-0.15, -0.1) is 0 Å². The average molecular weight is 245 g/mol. The highest BCUT2D eigenvalue weighted by Gasteiger charge is 2.16. The van der Waals surface area contributed by atoms with Crippen molar-refractivity contribution in [2.75, 3.05) is 14.2 Å². The van der Waals surface area contributed by atoms with Gasteiger partial charge in [0.25, 0.3) is 0 Å². The molecule has 1 atom stereocenters. The van der Waals surface area contributed by atoms with Crippen molar-refractivity contribution in [3.05, 3.63) is 42.0 Å². The summed E-state index contributed by atoms with van der Waals surface area (Å²) in [6, 6.07) is 10.6. The fraction of sp³-hybridized carbons (Fsp3) is 0.214. The van der Waals surface area contributed by atoms with Crippen LogP contribution in [0.5, 0.6) is 5.75 Å². The first-order valence-electron chi connectivity index (χ1n) is 5.57. The summed E-state index contributed by atoms with van der Waals surface area (Å²) in [6.45, 7) is 0. The lowest BCUT2D eigenvalue weighted by atomic mass is 10.0. The Morgan fingerprint density at radius 2 is 1.78 bits per heavy atom. The van der Waals surface area contributed by atoms with E-state index in [0.29, 0.717) is 0 Å². The number of fused-ring (bicyclic) bond motifs is 1.